The summed E-state index contributed by atoms with van der Waals surface area (Å²) in [5.41, 5.74) is -0.801. The summed E-state index contributed by atoms with van der Waals surface area (Å²) in [6.45, 7) is 13.2. The summed E-state index contributed by atoms with van der Waals surface area (Å²) in [5.74, 6) is -0.915. The number of hydrogen-bond acceptors (Lipinski definition) is 10. The number of nitrogens with zero attached hydrogens (tertiary/aromatic N) is 7. The van der Waals surface area contributed by atoms with E-state index in [1.165, 1.54) is 12.0 Å². The van der Waals surface area contributed by atoms with Gasteiger partial charge in [0.15, 0.2) is 0 Å². The van der Waals surface area contributed by atoms with Crippen LogP contribution in [0.5, 0.6) is 0 Å². The van der Waals surface area contributed by atoms with E-state index in [1.807, 2.05) is 18.7 Å². The molecule has 0 aromatic rings. The van der Waals surface area contributed by atoms with Crippen LogP contribution < -0.4 is 0 Å². The van der Waals surface area contributed by atoms with Gasteiger partial charge in [-0.1, -0.05) is 19.0 Å². The maximum atomic E-state index is 12.9. The van der Waals surface area contributed by atoms with Crippen molar-refractivity contribution in [2.24, 2.45) is 11.1 Å². The molecule has 228 valence electrons. The third-order valence-corrected chi connectivity index (χ3v) is 6.61. The third kappa shape index (κ3) is 15.3. The average molecular weight is 558 g/mol. The first-order valence-corrected chi connectivity index (χ1v) is 14.0. The fourth-order valence-electron chi connectivity index (χ4n) is 4.25. The van der Waals surface area contributed by atoms with Gasteiger partial charge in [0.25, 0.3) is 0 Å². The molecule has 0 radical (unpaired) electrons. The molecule has 1 fully saturated rings. The molecule has 0 saturated carbocycles. The van der Waals surface area contributed by atoms with Crippen molar-refractivity contribution in [1.82, 2.24) is 29.4 Å². The van der Waals surface area contributed by atoms with E-state index in [4.69, 9.17) is 4.74 Å². The number of nitroso groups, excluding NO2 is 1. The fourth-order valence-corrected chi connectivity index (χ4v) is 4.25. The standard InChI is InChI=1S/C25H49N7O5.C2H6/c1-25(2,26-36)20-32-13-12-29(7)10-9-11-30(18-22(33)27(3)4)14-15-31(19-23(34)28(5)6)16-21(17-32)24(35)37-8;1-2/h21H,9-20H2,1-8H3;1-2H3. The zero-order valence-corrected chi connectivity index (χ0v) is 26.2. The lowest BCUT2D eigenvalue weighted by molar-refractivity contribution is -0.147. The van der Waals surface area contributed by atoms with Crippen molar-refractivity contribution in [2.75, 3.05) is 114 Å². The van der Waals surface area contributed by atoms with Crippen molar-refractivity contribution in [1.29, 1.82) is 0 Å². The van der Waals surface area contributed by atoms with Gasteiger partial charge in [0.2, 0.25) is 11.8 Å². The molecule has 1 unspecified atom stereocenters. The van der Waals surface area contributed by atoms with Gasteiger partial charge in [-0.2, -0.15) is 4.91 Å². The molecule has 0 spiro atoms. The molecule has 1 saturated heterocycles. The van der Waals surface area contributed by atoms with Crippen LogP contribution in [0.3, 0.4) is 0 Å². The highest BCUT2D eigenvalue weighted by atomic mass is 16.5. The first-order chi connectivity index (χ1) is 18.3. The Kier molecular flexibility index (Phi) is 18.0. The smallest absolute Gasteiger partial charge is 0.311 e. The summed E-state index contributed by atoms with van der Waals surface area (Å²) in [7, 11) is 10.3. The lowest BCUT2D eigenvalue weighted by Crippen LogP contribution is -2.50. The summed E-state index contributed by atoms with van der Waals surface area (Å²) < 4.78 is 5.14. The molecule has 0 bridgehead atoms. The van der Waals surface area contributed by atoms with Crippen LogP contribution in [-0.4, -0.2) is 167 Å². The van der Waals surface area contributed by atoms with Crippen molar-refractivity contribution in [3.8, 4) is 0 Å². The van der Waals surface area contributed by atoms with Gasteiger partial charge in [-0.05, 0) is 40.4 Å². The van der Waals surface area contributed by atoms with Gasteiger partial charge in [-0.25, -0.2) is 0 Å². The van der Waals surface area contributed by atoms with Crippen LogP contribution in [0.25, 0.3) is 0 Å². The monoisotopic (exact) mass is 557 g/mol. The Morgan fingerprint density at radius 3 is 1.82 bits per heavy atom. The number of methoxy groups -OCH3 is 1. The lowest BCUT2D eigenvalue weighted by atomic mass is 10.0. The van der Waals surface area contributed by atoms with Crippen LogP contribution in [0.1, 0.15) is 34.1 Å². The zero-order chi connectivity index (χ0) is 30.2. The topological polar surface area (TPSA) is 109 Å². The fraction of sp³-hybridized carbons (Fsp3) is 0.889. The van der Waals surface area contributed by atoms with E-state index in [9.17, 15) is 19.3 Å². The molecule has 1 aliphatic rings. The van der Waals surface area contributed by atoms with Gasteiger partial charge in [0.05, 0.1) is 26.1 Å². The molecule has 1 rings (SSSR count). The Bertz CT molecular complexity index is 748. The van der Waals surface area contributed by atoms with E-state index in [0.717, 1.165) is 26.1 Å². The van der Waals surface area contributed by atoms with E-state index in [2.05, 4.69) is 26.9 Å². The first-order valence-electron chi connectivity index (χ1n) is 14.0. The first kappa shape index (κ1) is 36.8. The Morgan fingerprint density at radius 2 is 1.31 bits per heavy atom. The highest BCUT2D eigenvalue weighted by Crippen LogP contribution is 2.15. The SMILES string of the molecule is CC.COC(=O)C1CN(CC(=O)N(C)C)CCN(CC(=O)N(C)C)CCCN(C)CCN(CC(C)(C)N=O)C1. The minimum atomic E-state index is -0.801. The number of rotatable bonds is 8. The quantitative estimate of drug-likeness (QED) is 0.316. The van der Waals surface area contributed by atoms with E-state index in [0.29, 0.717) is 45.8 Å². The maximum absolute atomic E-state index is 12.9. The molecule has 1 aliphatic heterocycles. The third-order valence-electron chi connectivity index (χ3n) is 6.61. The molecule has 1 heterocycles. The molecule has 0 N–H and O–H groups in total. The Balaban J connectivity index is 0.00000704. The second kappa shape index (κ2) is 19.0. The van der Waals surface area contributed by atoms with Crippen molar-refractivity contribution < 1.29 is 19.1 Å². The number of amides is 2. The van der Waals surface area contributed by atoms with Gasteiger partial charge in [-0.15, -0.1) is 0 Å². The van der Waals surface area contributed by atoms with Crippen molar-refractivity contribution >= 4 is 17.8 Å². The molecular weight excluding hydrogens is 502 g/mol. The molecule has 1 atom stereocenters. The predicted molar refractivity (Wildman–Crippen MR) is 156 cm³/mol. The Morgan fingerprint density at radius 1 is 0.821 bits per heavy atom. The lowest BCUT2D eigenvalue weighted by Gasteiger charge is -2.35. The van der Waals surface area contributed by atoms with Crippen LogP contribution in [0, 0.1) is 10.8 Å². The number of likely N-dealkylation sites (N-methyl/N-ethyl adjacent to an activating group) is 3. The van der Waals surface area contributed by atoms with Gasteiger partial charge in [-0.3, -0.25) is 29.1 Å². The molecule has 0 aromatic heterocycles. The van der Waals surface area contributed by atoms with E-state index >= 15 is 0 Å². The zero-order valence-electron chi connectivity index (χ0n) is 26.2. The Labute approximate surface area is 236 Å². The minimum absolute atomic E-state index is 0.0277. The van der Waals surface area contributed by atoms with E-state index in [1.54, 1.807) is 46.9 Å². The number of hydrogen-bond donors (Lipinski definition) is 0. The molecule has 2 amide bonds. The molecule has 39 heavy (non-hydrogen) atoms. The number of carbonyl (C=O) groups excluding carboxylic acids is 3. The highest BCUT2D eigenvalue weighted by molar-refractivity contribution is 5.78. The summed E-state index contributed by atoms with van der Waals surface area (Å²) in [6, 6.07) is 0. The second-order valence-electron chi connectivity index (χ2n) is 11.1. The maximum Gasteiger partial charge on any atom is 0.311 e. The molecule has 12 heteroatoms. The normalized spacial score (nSPS) is 19.7. The minimum Gasteiger partial charge on any atom is -0.469 e. The molecule has 0 aromatic carbocycles. The molecular formula is C27H55N7O5. The van der Waals surface area contributed by atoms with Gasteiger partial charge in [0, 0.05) is 74.0 Å². The van der Waals surface area contributed by atoms with E-state index < -0.39 is 11.5 Å². The van der Waals surface area contributed by atoms with Gasteiger partial charge >= 0.3 is 5.97 Å². The summed E-state index contributed by atoms with van der Waals surface area (Å²) >= 11 is 0. The van der Waals surface area contributed by atoms with Crippen molar-refractivity contribution in [2.45, 2.75) is 39.7 Å². The van der Waals surface area contributed by atoms with Crippen LogP contribution >= 0.6 is 0 Å². The number of ether oxygens (including phenoxy) is 1. The summed E-state index contributed by atoms with van der Waals surface area (Å²) in [4.78, 5) is 60.9. The van der Waals surface area contributed by atoms with Crippen LogP contribution in [-0.2, 0) is 19.1 Å². The van der Waals surface area contributed by atoms with E-state index in [-0.39, 0.29) is 24.3 Å². The highest BCUT2D eigenvalue weighted by Gasteiger charge is 2.30. The average Bonchev–Trinajstić information content (AvgIpc) is 2.89. The molecule has 12 nitrogen and oxygen atoms in total. The van der Waals surface area contributed by atoms with Crippen molar-refractivity contribution in [3.05, 3.63) is 4.91 Å². The predicted octanol–water partition coefficient (Wildman–Crippen LogP) is 0.765. The Hall–Kier alpha value is -2.15. The largest absolute Gasteiger partial charge is 0.469 e. The molecule has 0 aliphatic carbocycles. The summed E-state index contributed by atoms with van der Waals surface area (Å²) in [6.07, 6.45) is 0.889. The number of carbonyl (C=O) groups is 3. The second-order valence-corrected chi connectivity index (χ2v) is 11.1. The van der Waals surface area contributed by atoms with Crippen LogP contribution in [0.4, 0.5) is 0 Å². The van der Waals surface area contributed by atoms with Crippen LogP contribution in [0.2, 0.25) is 0 Å². The summed E-state index contributed by atoms with van der Waals surface area (Å²) in [5, 5.41) is 3.28. The van der Waals surface area contributed by atoms with Crippen LogP contribution in [0.15, 0.2) is 5.18 Å². The number of esters is 1. The van der Waals surface area contributed by atoms with Crippen molar-refractivity contribution in [3.63, 3.8) is 0 Å². The van der Waals surface area contributed by atoms with Gasteiger partial charge < -0.3 is 19.4 Å². The van der Waals surface area contributed by atoms with Gasteiger partial charge in [0.1, 0.15) is 5.54 Å².